The molecule has 1 aliphatic heterocycles. The van der Waals surface area contributed by atoms with Crippen molar-refractivity contribution in [3.8, 4) is 0 Å². The van der Waals surface area contributed by atoms with Gasteiger partial charge in [0.15, 0.2) is 5.76 Å². The van der Waals surface area contributed by atoms with Crippen LogP contribution in [0.1, 0.15) is 26.6 Å². The lowest BCUT2D eigenvalue weighted by Crippen LogP contribution is -2.39. The number of amides is 2. The molecule has 3 aromatic rings. The zero-order chi connectivity index (χ0) is 22.0. The van der Waals surface area contributed by atoms with E-state index in [-0.39, 0.29) is 29.6 Å². The molecule has 0 bridgehead atoms. The van der Waals surface area contributed by atoms with Crippen molar-refractivity contribution in [3.05, 3.63) is 69.8 Å². The number of alkyl halides is 3. The lowest BCUT2D eigenvalue weighted by atomic mass is 10.1. The van der Waals surface area contributed by atoms with Gasteiger partial charge in [0.05, 0.1) is 18.4 Å². The first-order valence-electron chi connectivity index (χ1n) is 9.44. The molecule has 0 saturated heterocycles. The molecule has 1 aromatic carbocycles. The van der Waals surface area contributed by atoms with E-state index in [0.29, 0.717) is 13.1 Å². The third-order valence-electron chi connectivity index (χ3n) is 4.92. The second-order valence-electron chi connectivity index (χ2n) is 6.98. The monoisotopic (exact) mass is 449 g/mol. The fourth-order valence-electron chi connectivity index (χ4n) is 3.36. The quantitative estimate of drug-likeness (QED) is 0.597. The highest BCUT2D eigenvalue weighted by molar-refractivity contribution is 7.10. The van der Waals surface area contributed by atoms with Gasteiger partial charge in [-0.2, -0.15) is 13.2 Å². The maximum absolute atomic E-state index is 13.6. The standard InChI is InChI=1S/C21H18F3N3O3S/c22-21(23,24)15-10-14(26-20(29)17-2-1-8-30-17)3-4-16(15)25-11-19(28)27-7-5-18-13(12-27)6-9-31-18/h1-4,6,8-10,25H,5,7,11-12H2,(H,26,29). The molecule has 2 N–H and O–H groups in total. The van der Waals surface area contributed by atoms with Crippen molar-refractivity contribution in [1.29, 1.82) is 0 Å². The van der Waals surface area contributed by atoms with E-state index in [1.54, 1.807) is 16.2 Å². The van der Waals surface area contributed by atoms with Crippen molar-refractivity contribution in [3.63, 3.8) is 0 Å². The summed E-state index contributed by atoms with van der Waals surface area (Å²) in [5.41, 5.74) is -0.162. The zero-order valence-electron chi connectivity index (χ0n) is 16.2. The van der Waals surface area contributed by atoms with Crippen LogP contribution in [0.25, 0.3) is 0 Å². The number of carbonyl (C=O) groups excluding carboxylic acids is 2. The Morgan fingerprint density at radius 3 is 2.77 bits per heavy atom. The van der Waals surface area contributed by atoms with Gasteiger partial charge in [0.25, 0.3) is 5.91 Å². The van der Waals surface area contributed by atoms with Crippen molar-refractivity contribution in [2.45, 2.75) is 19.1 Å². The SMILES string of the molecule is O=C(Nc1ccc(NCC(=O)N2CCc3sccc3C2)c(C(F)(F)F)c1)c1ccco1. The van der Waals surface area contributed by atoms with E-state index in [4.69, 9.17) is 4.42 Å². The van der Waals surface area contributed by atoms with Crippen LogP contribution in [0.5, 0.6) is 0 Å². The van der Waals surface area contributed by atoms with E-state index in [9.17, 15) is 22.8 Å². The molecule has 2 amide bonds. The molecule has 0 unspecified atom stereocenters. The minimum absolute atomic E-state index is 0.0170. The summed E-state index contributed by atoms with van der Waals surface area (Å²) >= 11 is 1.64. The van der Waals surface area contributed by atoms with Gasteiger partial charge in [0.1, 0.15) is 0 Å². The van der Waals surface area contributed by atoms with Crippen molar-refractivity contribution in [2.75, 3.05) is 23.7 Å². The van der Waals surface area contributed by atoms with Gasteiger partial charge in [-0.3, -0.25) is 9.59 Å². The first-order valence-corrected chi connectivity index (χ1v) is 10.3. The first-order chi connectivity index (χ1) is 14.8. The number of hydrogen-bond acceptors (Lipinski definition) is 5. The average Bonchev–Trinajstić information content (AvgIpc) is 3.43. The Balaban J connectivity index is 1.45. The molecule has 0 fully saturated rings. The molecule has 162 valence electrons. The molecule has 0 saturated carbocycles. The van der Waals surface area contributed by atoms with Gasteiger partial charge in [0.2, 0.25) is 5.91 Å². The van der Waals surface area contributed by atoms with Gasteiger partial charge in [0, 0.05) is 29.3 Å². The Hall–Kier alpha value is -3.27. The van der Waals surface area contributed by atoms with Crippen molar-refractivity contribution >= 4 is 34.5 Å². The fourth-order valence-corrected chi connectivity index (χ4v) is 4.24. The number of thiophene rings is 1. The lowest BCUT2D eigenvalue weighted by molar-refractivity contribution is -0.137. The summed E-state index contributed by atoms with van der Waals surface area (Å²) in [6.45, 7) is 0.738. The number of halogens is 3. The molecule has 0 radical (unpaired) electrons. The van der Waals surface area contributed by atoms with E-state index in [0.717, 1.165) is 18.1 Å². The van der Waals surface area contributed by atoms with Gasteiger partial charge in [-0.25, -0.2) is 0 Å². The predicted molar refractivity (Wildman–Crippen MR) is 110 cm³/mol. The zero-order valence-corrected chi connectivity index (χ0v) is 17.0. The van der Waals surface area contributed by atoms with Gasteiger partial charge in [-0.05, 0) is 53.8 Å². The predicted octanol–water partition coefficient (Wildman–Crippen LogP) is 4.61. The van der Waals surface area contributed by atoms with Crippen LogP contribution in [0.4, 0.5) is 24.5 Å². The van der Waals surface area contributed by atoms with E-state index < -0.39 is 17.6 Å². The Morgan fingerprint density at radius 2 is 2.03 bits per heavy atom. The number of furan rings is 1. The number of hydrogen-bond donors (Lipinski definition) is 2. The molecule has 4 rings (SSSR count). The summed E-state index contributed by atoms with van der Waals surface area (Å²) in [6.07, 6.45) is -2.63. The van der Waals surface area contributed by atoms with Crippen LogP contribution in [-0.2, 0) is 23.9 Å². The third kappa shape index (κ3) is 4.74. The average molecular weight is 449 g/mol. The minimum atomic E-state index is -4.67. The third-order valence-corrected chi connectivity index (χ3v) is 5.94. The van der Waals surface area contributed by atoms with Crippen LogP contribution in [0.15, 0.2) is 52.5 Å². The maximum Gasteiger partial charge on any atom is 0.418 e. The van der Waals surface area contributed by atoms with Crippen LogP contribution in [0, 0.1) is 0 Å². The van der Waals surface area contributed by atoms with E-state index in [1.165, 1.54) is 35.4 Å². The van der Waals surface area contributed by atoms with E-state index >= 15 is 0 Å². The highest BCUT2D eigenvalue weighted by Crippen LogP contribution is 2.36. The smallest absolute Gasteiger partial charge is 0.418 e. The number of anilines is 2. The highest BCUT2D eigenvalue weighted by Gasteiger charge is 2.34. The summed E-state index contributed by atoms with van der Waals surface area (Å²) in [5, 5.41) is 6.95. The molecule has 2 aromatic heterocycles. The Bertz CT molecular complexity index is 1090. The van der Waals surface area contributed by atoms with Crippen molar-refractivity contribution < 1.29 is 27.2 Å². The van der Waals surface area contributed by atoms with Crippen LogP contribution in [0.2, 0.25) is 0 Å². The topological polar surface area (TPSA) is 74.6 Å². The summed E-state index contributed by atoms with van der Waals surface area (Å²) in [5.74, 6) is -0.955. The van der Waals surface area contributed by atoms with Crippen LogP contribution >= 0.6 is 11.3 Å². The molecule has 3 heterocycles. The highest BCUT2D eigenvalue weighted by atomic mass is 32.1. The van der Waals surface area contributed by atoms with Crippen molar-refractivity contribution in [1.82, 2.24) is 4.90 Å². The minimum Gasteiger partial charge on any atom is -0.459 e. The van der Waals surface area contributed by atoms with Gasteiger partial charge < -0.3 is 20.0 Å². The maximum atomic E-state index is 13.6. The van der Waals surface area contributed by atoms with Crippen LogP contribution in [0.3, 0.4) is 0 Å². The Labute approximate surface area is 179 Å². The van der Waals surface area contributed by atoms with Crippen LogP contribution < -0.4 is 10.6 Å². The van der Waals surface area contributed by atoms with E-state index in [1.807, 2.05) is 11.4 Å². The number of nitrogens with zero attached hydrogens (tertiary/aromatic N) is 1. The van der Waals surface area contributed by atoms with Crippen LogP contribution in [-0.4, -0.2) is 29.8 Å². The molecule has 6 nitrogen and oxygen atoms in total. The molecule has 10 heteroatoms. The van der Waals surface area contributed by atoms with Gasteiger partial charge in [-0.1, -0.05) is 0 Å². The largest absolute Gasteiger partial charge is 0.459 e. The van der Waals surface area contributed by atoms with E-state index in [2.05, 4.69) is 10.6 Å². The lowest BCUT2D eigenvalue weighted by Gasteiger charge is -2.27. The second kappa shape index (κ2) is 8.46. The summed E-state index contributed by atoms with van der Waals surface area (Å²) in [4.78, 5) is 27.4. The number of fused-ring (bicyclic) bond motifs is 1. The number of nitrogens with one attached hydrogen (secondary N) is 2. The normalized spacial score (nSPS) is 13.6. The molecule has 31 heavy (non-hydrogen) atoms. The second-order valence-corrected chi connectivity index (χ2v) is 7.98. The molecule has 0 spiro atoms. The summed E-state index contributed by atoms with van der Waals surface area (Å²) in [7, 11) is 0. The van der Waals surface area contributed by atoms with Crippen molar-refractivity contribution in [2.24, 2.45) is 0 Å². The van der Waals surface area contributed by atoms with Gasteiger partial charge in [-0.15, -0.1) is 11.3 Å². The first kappa shape index (κ1) is 21.0. The number of carbonyl (C=O) groups is 2. The molecular formula is C21H18F3N3O3S. The number of benzene rings is 1. The molecule has 0 atom stereocenters. The fraction of sp³-hybridized carbons (Fsp3) is 0.238. The Morgan fingerprint density at radius 1 is 1.19 bits per heavy atom. The molecular weight excluding hydrogens is 431 g/mol. The van der Waals surface area contributed by atoms with Gasteiger partial charge >= 0.3 is 6.18 Å². The summed E-state index contributed by atoms with van der Waals surface area (Å²) < 4.78 is 45.7. The summed E-state index contributed by atoms with van der Waals surface area (Å²) in [6, 6.07) is 8.22. The Kier molecular flexibility index (Phi) is 5.73. The molecule has 0 aliphatic carbocycles. The number of rotatable bonds is 5. The molecule has 1 aliphatic rings.